The van der Waals surface area contributed by atoms with Gasteiger partial charge in [0.15, 0.2) is 0 Å². The lowest BCUT2D eigenvalue weighted by Crippen LogP contribution is -2.67. The van der Waals surface area contributed by atoms with E-state index in [0.29, 0.717) is 24.5 Å². The van der Waals surface area contributed by atoms with Gasteiger partial charge in [0.05, 0.1) is 18.8 Å². The Labute approximate surface area is 144 Å². The minimum absolute atomic E-state index is 0.0486. The molecule has 136 valence electrons. The Kier molecular flexibility index (Phi) is 5.43. The van der Waals surface area contributed by atoms with Crippen LogP contribution in [0.5, 0.6) is 0 Å². The third-order valence-electron chi connectivity index (χ3n) is 5.86. The van der Waals surface area contributed by atoms with E-state index in [1.54, 1.807) is 0 Å². The molecule has 0 aromatic carbocycles. The molecule has 5 atom stereocenters. The maximum Gasteiger partial charge on any atom is 0.349 e. The molecular weight excluding hydrogens is 304 g/mol. The summed E-state index contributed by atoms with van der Waals surface area (Å²) in [4.78, 5) is 0. The van der Waals surface area contributed by atoms with Crippen molar-refractivity contribution in [3.63, 3.8) is 0 Å². The van der Waals surface area contributed by atoms with Gasteiger partial charge in [-0.3, -0.25) is 0 Å². The second-order valence-corrected chi connectivity index (χ2v) is 14.6. The highest BCUT2D eigenvalue weighted by Gasteiger charge is 2.62. The van der Waals surface area contributed by atoms with Crippen molar-refractivity contribution >= 4 is 8.56 Å². The zero-order valence-electron chi connectivity index (χ0n) is 16.7. The summed E-state index contributed by atoms with van der Waals surface area (Å²) in [7, 11) is -2.36. The molecule has 0 saturated carbocycles. The van der Waals surface area contributed by atoms with Crippen LogP contribution in [0.25, 0.3) is 0 Å². The monoisotopic (exact) mass is 342 g/mol. The van der Waals surface area contributed by atoms with Gasteiger partial charge in [-0.15, -0.1) is 0 Å². The second kappa shape index (κ2) is 6.43. The van der Waals surface area contributed by atoms with Crippen LogP contribution in [-0.4, -0.2) is 33.5 Å². The lowest BCUT2D eigenvalue weighted by Gasteiger charge is -2.57. The summed E-state index contributed by atoms with van der Waals surface area (Å²) < 4.78 is 19.8. The van der Waals surface area contributed by atoms with Crippen LogP contribution >= 0.6 is 0 Å². The summed E-state index contributed by atoms with van der Waals surface area (Å²) >= 11 is 0. The molecule has 0 amide bonds. The second-order valence-electron chi connectivity index (χ2n) is 9.82. The Morgan fingerprint density at radius 3 is 2.09 bits per heavy atom. The quantitative estimate of drug-likeness (QED) is 0.639. The Morgan fingerprint density at radius 2 is 1.61 bits per heavy atom. The number of rotatable bonds is 2. The van der Waals surface area contributed by atoms with Gasteiger partial charge in [-0.25, -0.2) is 0 Å². The smallest absolute Gasteiger partial charge is 0.349 e. The van der Waals surface area contributed by atoms with Crippen LogP contribution in [0.4, 0.5) is 0 Å². The molecule has 0 radical (unpaired) electrons. The first-order chi connectivity index (χ1) is 10.4. The van der Waals surface area contributed by atoms with Crippen LogP contribution in [0.1, 0.15) is 75.2 Å². The fourth-order valence-corrected chi connectivity index (χ4v) is 9.60. The minimum Gasteiger partial charge on any atom is -0.391 e. The highest BCUT2D eigenvalue weighted by Crippen LogP contribution is 2.55. The average Bonchev–Trinajstić information content (AvgIpc) is 2.42. The molecule has 0 bridgehead atoms. The highest BCUT2D eigenvalue weighted by atomic mass is 28.4. The molecular formula is C19H38O3Si. The molecule has 2 heterocycles. The summed E-state index contributed by atoms with van der Waals surface area (Å²) in [6.45, 7) is 21.2. The van der Waals surface area contributed by atoms with E-state index in [9.17, 15) is 0 Å². The number of hydrogen-bond acceptors (Lipinski definition) is 3. The van der Waals surface area contributed by atoms with Gasteiger partial charge < -0.3 is 13.6 Å². The number of fused-ring (bicyclic) bond motifs is 1. The van der Waals surface area contributed by atoms with Crippen molar-refractivity contribution in [2.24, 2.45) is 11.8 Å². The highest BCUT2D eigenvalue weighted by molar-refractivity contribution is 6.73. The van der Waals surface area contributed by atoms with Crippen LogP contribution in [0.3, 0.4) is 0 Å². The van der Waals surface area contributed by atoms with Crippen molar-refractivity contribution < 1.29 is 13.6 Å². The zero-order chi connectivity index (χ0) is 17.6. The molecule has 0 spiro atoms. The largest absolute Gasteiger partial charge is 0.391 e. The van der Waals surface area contributed by atoms with Gasteiger partial charge in [-0.2, -0.15) is 0 Å². The lowest BCUT2D eigenvalue weighted by atomic mass is 9.84. The van der Waals surface area contributed by atoms with Crippen molar-refractivity contribution in [3.05, 3.63) is 0 Å². The van der Waals surface area contributed by atoms with Crippen LogP contribution in [0.15, 0.2) is 0 Å². The predicted molar refractivity (Wildman–Crippen MR) is 97.9 cm³/mol. The Balaban J connectivity index is 2.22. The molecule has 2 aliphatic heterocycles. The fraction of sp³-hybridized carbons (Fsp3) is 1.00. The van der Waals surface area contributed by atoms with E-state index in [2.05, 4.69) is 62.3 Å². The van der Waals surface area contributed by atoms with Crippen molar-refractivity contribution in [3.8, 4) is 0 Å². The molecule has 0 N–H and O–H groups in total. The van der Waals surface area contributed by atoms with E-state index >= 15 is 0 Å². The van der Waals surface area contributed by atoms with E-state index in [1.807, 2.05) is 0 Å². The normalized spacial score (nSPS) is 36.4. The molecule has 0 aromatic heterocycles. The fourth-order valence-electron chi connectivity index (χ4n) is 4.63. The summed E-state index contributed by atoms with van der Waals surface area (Å²) in [5, 5.41) is 0.0973. The van der Waals surface area contributed by atoms with E-state index in [1.165, 1.54) is 0 Å². The zero-order valence-corrected chi connectivity index (χ0v) is 17.7. The molecule has 23 heavy (non-hydrogen) atoms. The Hall–Kier alpha value is 0.0969. The maximum absolute atomic E-state index is 6.83. The van der Waals surface area contributed by atoms with Crippen LogP contribution in [0, 0.1) is 11.8 Å². The van der Waals surface area contributed by atoms with E-state index in [-0.39, 0.29) is 22.3 Å². The first-order valence-electron chi connectivity index (χ1n) is 9.40. The lowest BCUT2D eigenvalue weighted by molar-refractivity contribution is -0.192. The van der Waals surface area contributed by atoms with Gasteiger partial charge in [0.25, 0.3) is 0 Å². The van der Waals surface area contributed by atoms with Crippen LogP contribution in [-0.2, 0) is 13.6 Å². The van der Waals surface area contributed by atoms with E-state index in [0.717, 1.165) is 12.8 Å². The van der Waals surface area contributed by atoms with Gasteiger partial charge >= 0.3 is 8.56 Å². The average molecular weight is 343 g/mol. The minimum atomic E-state index is -2.36. The Morgan fingerprint density at radius 1 is 1.04 bits per heavy atom. The third kappa shape index (κ3) is 3.42. The van der Waals surface area contributed by atoms with Gasteiger partial charge in [0.2, 0.25) is 0 Å². The standard InChI is InChI=1S/C19H38O3Si/c1-10-13(2)17-14(3)11-15-16(21-17)12-20-23(22-15,18(4,5)6)19(7,8)9/h13-17H,10-12H2,1-9H3/t13-,14+,15-,16-,17+/m1/s1. The van der Waals surface area contributed by atoms with Crippen LogP contribution in [0.2, 0.25) is 10.1 Å². The van der Waals surface area contributed by atoms with Gasteiger partial charge in [0.1, 0.15) is 6.10 Å². The maximum atomic E-state index is 6.83. The van der Waals surface area contributed by atoms with Crippen molar-refractivity contribution in [2.45, 2.75) is 104 Å². The number of hydrogen-bond donors (Lipinski definition) is 0. The molecule has 2 rings (SSSR count). The first-order valence-corrected chi connectivity index (χ1v) is 11.2. The van der Waals surface area contributed by atoms with Crippen LogP contribution < -0.4 is 0 Å². The summed E-state index contributed by atoms with van der Waals surface area (Å²) in [5.41, 5.74) is 0. The molecule has 0 aliphatic carbocycles. The molecule has 3 nitrogen and oxygen atoms in total. The summed E-state index contributed by atoms with van der Waals surface area (Å²) in [6.07, 6.45) is 2.91. The molecule has 4 heteroatoms. The Bertz CT molecular complexity index is 396. The predicted octanol–water partition coefficient (Wildman–Crippen LogP) is 5.28. The molecule has 2 aliphatic rings. The SMILES string of the molecule is CC[C@@H](C)[C@@H]1O[C@@H]2CO[Si](C(C)(C)C)(C(C)(C)C)O[C@@H]2C[C@@H]1C. The first kappa shape index (κ1) is 19.4. The molecule has 0 aromatic rings. The van der Waals surface area contributed by atoms with Gasteiger partial charge in [-0.1, -0.05) is 68.7 Å². The summed E-state index contributed by atoms with van der Waals surface area (Å²) in [6, 6.07) is 0. The van der Waals surface area contributed by atoms with Gasteiger partial charge in [0, 0.05) is 10.1 Å². The van der Waals surface area contributed by atoms with E-state index in [4.69, 9.17) is 13.6 Å². The van der Waals surface area contributed by atoms with Gasteiger partial charge in [-0.05, 0) is 18.3 Å². The topological polar surface area (TPSA) is 27.7 Å². The van der Waals surface area contributed by atoms with Crippen molar-refractivity contribution in [1.82, 2.24) is 0 Å². The van der Waals surface area contributed by atoms with Crippen molar-refractivity contribution in [2.75, 3.05) is 6.61 Å². The summed E-state index contributed by atoms with van der Waals surface area (Å²) in [5.74, 6) is 1.15. The molecule has 2 saturated heterocycles. The molecule has 0 unspecified atom stereocenters. The molecule has 2 fully saturated rings. The number of ether oxygens (including phenoxy) is 1. The van der Waals surface area contributed by atoms with Crippen molar-refractivity contribution in [1.29, 1.82) is 0 Å². The van der Waals surface area contributed by atoms with E-state index < -0.39 is 8.56 Å². The third-order valence-corrected chi connectivity index (χ3v) is 11.0.